The molecule has 0 aliphatic carbocycles. The standard InChI is InChI=1S/C10H12BrNO3/c1-15-8-4-2-3-6(9(8)11)7(5-12)10(13)14/h2-4,7H,5,12H2,1H3,(H,13,14). The molecule has 15 heavy (non-hydrogen) atoms. The molecule has 0 amide bonds. The van der Waals surface area contributed by atoms with Gasteiger partial charge in [0.05, 0.1) is 17.5 Å². The normalized spacial score (nSPS) is 12.2. The van der Waals surface area contributed by atoms with Crippen LogP contribution in [0.4, 0.5) is 0 Å². The van der Waals surface area contributed by atoms with Crippen molar-refractivity contribution in [3.8, 4) is 5.75 Å². The molecule has 0 saturated carbocycles. The predicted molar refractivity (Wildman–Crippen MR) is 60.1 cm³/mol. The average molecular weight is 274 g/mol. The van der Waals surface area contributed by atoms with Crippen LogP contribution in [-0.2, 0) is 4.79 Å². The molecule has 0 aliphatic rings. The van der Waals surface area contributed by atoms with Gasteiger partial charge in [0, 0.05) is 6.54 Å². The molecule has 82 valence electrons. The largest absolute Gasteiger partial charge is 0.496 e. The summed E-state index contributed by atoms with van der Waals surface area (Å²) in [6.07, 6.45) is 0. The first-order chi connectivity index (χ1) is 7.11. The van der Waals surface area contributed by atoms with E-state index in [-0.39, 0.29) is 6.54 Å². The van der Waals surface area contributed by atoms with E-state index in [1.807, 2.05) is 0 Å². The molecule has 0 saturated heterocycles. The first-order valence-corrected chi connectivity index (χ1v) is 5.16. The van der Waals surface area contributed by atoms with Gasteiger partial charge in [-0.1, -0.05) is 12.1 Å². The monoisotopic (exact) mass is 273 g/mol. The highest BCUT2D eigenvalue weighted by Gasteiger charge is 2.21. The molecule has 1 unspecified atom stereocenters. The fourth-order valence-electron chi connectivity index (χ4n) is 1.32. The molecule has 1 atom stereocenters. The Bertz CT molecular complexity index is 368. The van der Waals surface area contributed by atoms with Gasteiger partial charge in [0.25, 0.3) is 0 Å². The summed E-state index contributed by atoms with van der Waals surface area (Å²) in [6.45, 7) is 0.0566. The number of ether oxygens (including phenoxy) is 1. The number of methoxy groups -OCH3 is 1. The lowest BCUT2D eigenvalue weighted by molar-refractivity contribution is -0.138. The van der Waals surface area contributed by atoms with Gasteiger partial charge in [0.15, 0.2) is 0 Å². The van der Waals surface area contributed by atoms with Crippen molar-refractivity contribution in [1.29, 1.82) is 0 Å². The molecule has 1 rings (SSSR count). The molecule has 0 bridgehead atoms. The van der Waals surface area contributed by atoms with Crippen molar-refractivity contribution in [2.45, 2.75) is 5.92 Å². The summed E-state index contributed by atoms with van der Waals surface area (Å²) in [6, 6.07) is 5.21. The fourth-order valence-corrected chi connectivity index (χ4v) is 2.02. The number of halogens is 1. The minimum Gasteiger partial charge on any atom is -0.496 e. The Balaban J connectivity index is 3.18. The SMILES string of the molecule is COc1cccc(C(CN)C(=O)O)c1Br. The van der Waals surface area contributed by atoms with Crippen LogP contribution in [0.2, 0.25) is 0 Å². The molecule has 0 spiro atoms. The molecule has 5 heteroatoms. The Morgan fingerprint density at radius 3 is 2.80 bits per heavy atom. The molecule has 1 aromatic rings. The lowest BCUT2D eigenvalue weighted by atomic mass is 9.99. The maximum absolute atomic E-state index is 10.9. The summed E-state index contributed by atoms with van der Waals surface area (Å²) in [7, 11) is 1.53. The zero-order valence-corrected chi connectivity index (χ0v) is 9.82. The van der Waals surface area contributed by atoms with Crippen molar-refractivity contribution in [2.24, 2.45) is 5.73 Å². The number of rotatable bonds is 4. The van der Waals surface area contributed by atoms with Crippen molar-refractivity contribution in [3.63, 3.8) is 0 Å². The topological polar surface area (TPSA) is 72.5 Å². The van der Waals surface area contributed by atoms with Crippen molar-refractivity contribution < 1.29 is 14.6 Å². The maximum atomic E-state index is 10.9. The molecule has 0 aliphatic heterocycles. The number of nitrogens with two attached hydrogens (primary N) is 1. The van der Waals surface area contributed by atoms with Gasteiger partial charge in [-0.2, -0.15) is 0 Å². The number of carboxylic acid groups (broad SMARTS) is 1. The molecule has 0 radical (unpaired) electrons. The molecule has 1 aromatic carbocycles. The van der Waals surface area contributed by atoms with E-state index < -0.39 is 11.9 Å². The fraction of sp³-hybridized carbons (Fsp3) is 0.300. The predicted octanol–water partition coefficient (Wildman–Crippen LogP) is 1.58. The van der Waals surface area contributed by atoms with E-state index in [0.29, 0.717) is 15.8 Å². The van der Waals surface area contributed by atoms with E-state index in [2.05, 4.69) is 15.9 Å². The Hall–Kier alpha value is -1.07. The average Bonchev–Trinajstić information content (AvgIpc) is 2.21. The highest BCUT2D eigenvalue weighted by Crippen LogP contribution is 2.32. The summed E-state index contributed by atoms with van der Waals surface area (Å²) < 4.78 is 5.72. The van der Waals surface area contributed by atoms with Crippen molar-refractivity contribution >= 4 is 21.9 Å². The third-order valence-electron chi connectivity index (χ3n) is 2.12. The van der Waals surface area contributed by atoms with Crippen LogP contribution in [0.1, 0.15) is 11.5 Å². The van der Waals surface area contributed by atoms with Gasteiger partial charge in [-0.3, -0.25) is 4.79 Å². The van der Waals surface area contributed by atoms with Gasteiger partial charge in [-0.05, 0) is 27.6 Å². The van der Waals surface area contributed by atoms with Crippen LogP contribution in [0, 0.1) is 0 Å². The Morgan fingerprint density at radius 2 is 2.33 bits per heavy atom. The molecular weight excluding hydrogens is 262 g/mol. The van der Waals surface area contributed by atoms with Crippen LogP contribution < -0.4 is 10.5 Å². The summed E-state index contributed by atoms with van der Waals surface area (Å²) in [5, 5.41) is 8.97. The van der Waals surface area contributed by atoms with E-state index in [0.717, 1.165) is 0 Å². The third-order valence-corrected chi connectivity index (χ3v) is 2.97. The molecular formula is C10H12BrNO3. The smallest absolute Gasteiger partial charge is 0.312 e. The highest BCUT2D eigenvalue weighted by molar-refractivity contribution is 9.10. The van der Waals surface area contributed by atoms with Gasteiger partial charge >= 0.3 is 5.97 Å². The Kier molecular flexibility index (Phi) is 4.11. The van der Waals surface area contributed by atoms with Gasteiger partial charge in [-0.25, -0.2) is 0 Å². The van der Waals surface area contributed by atoms with Crippen molar-refractivity contribution in [1.82, 2.24) is 0 Å². The van der Waals surface area contributed by atoms with Crippen LogP contribution in [0.5, 0.6) is 5.75 Å². The Labute approximate surface area is 96.2 Å². The zero-order valence-electron chi connectivity index (χ0n) is 8.24. The number of hydrogen-bond donors (Lipinski definition) is 2. The van der Waals surface area contributed by atoms with Crippen LogP contribution in [0.15, 0.2) is 22.7 Å². The number of aliphatic carboxylic acids is 1. The lowest BCUT2D eigenvalue weighted by Crippen LogP contribution is -2.21. The second kappa shape index (κ2) is 5.14. The minimum atomic E-state index is -0.938. The number of hydrogen-bond acceptors (Lipinski definition) is 3. The summed E-state index contributed by atoms with van der Waals surface area (Å²) >= 11 is 3.31. The first-order valence-electron chi connectivity index (χ1n) is 4.37. The van der Waals surface area contributed by atoms with E-state index in [4.69, 9.17) is 15.6 Å². The van der Waals surface area contributed by atoms with Crippen molar-refractivity contribution in [3.05, 3.63) is 28.2 Å². The van der Waals surface area contributed by atoms with Gasteiger partial charge in [-0.15, -0.1) is 0 Å². The highest BCUT2D eigenvalue weighted by atomic mass is 79.9. The quantitative estimate of drug-likeness (QED) is 0.874. The number of benzene rings is 1. The third kappa shape index (κ3) is 2.49. The Morgan fingerprint density at radius 1 is 1.67 bits per heavy atom. The molecule has 0 fully saturated rings. The molecule has 0 heterocycles. The summed E-state index contributed by atoms with van der Waals surface area (Å²) in [5.41, 5.74) is 6.05. The first kappa shape index (κ1) is 12.0. The lowest BCUT2D eigenvalue weighted by Gasteiger charge is -2.14. The second-order valence-corrected chi connectivity index (χ2v) is 3.78. The minimum absolute atomic E-state index is 0.0566. The van der Waals surface area contributed by atoms with Crippen LogP contribution in [-0.4, -0.2) is 24.7 Å². The van der Waals surface area contributed by atoms with E-state index in [1.54, 1.807) is 18.2 Å². The maximum Gasteiger partial charge on any atom is 0.312 e. The van der Waals surface area contributed by atoms with Gasteiger partial charge in [0.2, 0.25) is 0 Å². The summed E-state index contributed by atoms with van der Waals surface area (Å²) in [5.74, 6) is -1.05. The zero-order chi connectivity index (χ0) is 11.4. The number of carboxylic acids is 1. The van der Waals surface area contributed by atoms with Crippen LogP contribution in [0.3, 0.4) is 0 Å². The van der Waals surface area contributed by atoms with Crippen molar-refractivity contribution in [2.75, 3.05) is 13.7 Å². The molecule has 0 aromatic heterocycles. The molecule has 3 N–H and O–H groups in total. The van der Waals surface area contributed by atoms with E-state index in [9.17, 15) is 4.79 Å². The summed E-state index contributed by atoms with van der Waals surface area (Å²) in [4.78, 5) is 10.9. The van der Waals surface area contributed by atoms with Gasteiger partial charge in [0.1, 0.15) is 5.75 Å². The molecule has 4 nitrogen and oxygen atoms in total. The van der Waals surface area contributed by atoms with Gasteiger partial charge < -0.3 is 15.6 Å². The van der Waals surface area contributed by atoms with Crippen LogP contribution >= 0.6 is 15.9 Å². The van der Waals surface area contributed by atoms with E-state index in [1.165, 1.54) is 7.11 Å². The second-order valence-electron chi connectivity index (χ2n) is 2.99. The van der Waals surface area contributed by atoms with E-state index >= 15 is 0 Å². The van der Waals surface area contributed by atoms with Crippen LogP contribution in [0.25, 0.3) is 0 Å². The number of carbonyl (C=O) groups is 1.